The number of methoxy groups -OCH3 is 1. The lowest BCUT2D eigenvalue weighted by Crippen LogP contribution is -2.48. The number of piperidine rings is 1. The molecule has 0 saturated carbocycles. The molecule has 1 heterocycles. The Hall–Kier alpha value is -1.56. The fourth-order valence-electron chi connectivity index (χ4n) is 2.38. The predicted octanol–water partition coefficient (Wildman–Crippen LogP) is 2.54. The van der Waals surface area contributed by atoms with Gasteiger partial charge in [-0.2, -0.15) is 0 Å². The molecule has 0 bridgehead atoms. The zero-order valence-corrected chi connectivity index (χ0v) is 12.7. The lowest BCUT2D eigenvalue weighted by molar-refractivity contribution is -0.143. The number of likely N-dealkylation sites (tertiary alicyclic amines) is 1. The van der Waals surface area contributed by atoms with E-state index in [1.54, 1.807) is 18.2 Å². The monoisotopic (exact) mass is 341 g/mol. The van der Waals surface area contributed by atoms with Crippen LogP contribution >= 0.6 is 15.9 Å². The predicted molar refractivity (Wildman–Crippen MR) is 77.0 cm³/mol. The molecule has 1 amide bonds. The van der Waals surface area contributed by atoms with Gasteiger partial charge >= 0.3 is 5.97 Å². The van der Waals surface area contributed by atoms with Crippen molar-refractivity contribution in [3.8, 4) is 5.75 Å². The largest absolute Gasteiger partial charge is 0.497 e. The summed E-state index contributed by atoms with van der Waals surface area (Å²) in [7, 11) is 1.53. The molecule has 1 N–H and O–H groups in total. The Morgan fingerprint density at radius 3 is 2.80 bits per heavy atom. The molecule has 5 nitrogen and oxygen atoms in total. The van der Waals surface area contributed by atoms with Gasteiger partial charge in [0, 0.05) is 11.0 Å². The van der Waals surface area contributed by atoms with E-state index < -0.39 is 12.0 Å². The van der Waals surface area contributed by atoms with Crippen molar-refractivity contribution in [2.45, 2.75) is 25.3 Å². The third kappa shape index (κ3) is 2.95. The first-order chi connectivity index (χ1) is 9.54. The summed E-state index contributed by atoms with van der Waals surface area (Å²) in [5.74, 6) is -0.652. The topological polar surface area (TPSA) is 66.8 Å². The van der Waals surface area contributed by atoms with Crippen LogP contribution in [-0.2, 0) is 4.79 Å². The van der Waals surface area contributed by atoms with Crippen molar-refractivity contribution in [2.75, 3.05) is 13.7 Å². The molecule has 6 heteroatoms. The lowest BCUT2D eigenvalue weighted by Gasteiger charge is -2.33. The second-order valence-corrected chi connectivity index (χ2v) is 5.55. The van der Waals surface area contributed by atoms with Crippen LogP contribution in [0.5, 0.6) is 5.75 Å². The van der Waals surface area contributed by atoms with Crippen LogP contribution in [-0.4, -0.2) is 41.6 Å². The third-order valence-corrected chi connectivity index (χ3v) is 4.14. The van der Waals surface area contributed by atoms with Crippen molar-refractivity contribution in [2.24, 2.45) is 0 Å². The van der Waals surface area contributed by atoms with Crippen molar-refractivity contribution >= 4 is 27.8 Å². The Morgan fingerprint density at radius 1 is 1.40 bits per heavy atom. The molecule has 0 aromatic heterocycles. The maximum Gasteiger partial charge on any atom is 0.326 e. The molecule has 20 heavy (non-hydrogen) atoms. The Kier molecular flexibility index (Phi) is 4.65. The summed E-state index contributed by atoms with van der Waals surface area (Å²) in [5, 5.41) is 9.24. The minimum Gasteiger partial charge on any atom is -0.497 e. The highest BCUT2D eigenvalue weighted by atomic mass is 79.9. The van der Waals surface area contributed by atoms with Gasteiger partial charge in [0.25, 0.3) is 5.91 Å². The number of halogens is 1. The van der Waals surface area contributed by atoms with E-state index in [-0.39, 0.29) is 5.91 Å². The Bertz CT molecular complexity index is 532. The Morgan fingerprint density at radius 2 is 2.15 bits per heavy atom. The van der Waals surface area contributed by atoms with Crippen molar-refractivity contribution < 1.29 is 19.4 Å². The SMILES string of the molecule is COc1ccc(Br)c(C(=O)N2CCCC[C@@H]2C(=O)O)c1. The quantitative estimate of drug-likeness (QED) is 0.917. The molecular weight excluding hydrogens is 326 g/mol. The zero-order valence-electron chi connectivity index (χ0n) is 11.1. The summed E-state index contributed by atoms with van der Waals surface area (Å²) < 4.78 is 5.75. The number of hydrogen-bond donors (Lipinski definition) is 1. The molecule has 1 atom stereocenters. The molecule has 0 aliphatic carbocycles. The summed E-state index contributed by atoms with van der Waals surface area (Å²) in [6.07, 6.45) is 2.17. The van der Waals surface area contributed by atoms with Crippen LogP contribution in [0.3, 0.4) is 0 Å². The Balaban J connectivity index is 2.31. The molecule has 1 fully saturated rings. The van der Waals surface area contributed by atoms with Gasteiger partial charge in [-0.05, 0) is 53.4 Å². The number of ether oxygens (including phenoxy) is 1. The smallest absolute Gasteiger partial charge is 0.326 e. The van der Waals surface area contributed by atoms with Gasteiger partial charge in [-0.25, -0.2) is 4.79 Å². The van der Waals surface area contributed by atoms with E-state index in [4.69, 9.17) is 4.74 Å². The number of nitrogens with zero attached hydrogens (tertiary/aromatic N) is 1. The molecule has 1 aromatic rings. The van der Waals surface area contributed by atoms with Crippen molar-refractivity contribution in [1.82, 2.24) is 4.90 Å². The van der Waals surface area contributed by atoms with E-state index >= 15 is 0 Å². The number of carbonyl (C=O) groups is 2. The molecule has 0 unspecified atom stereocenters. The highest BCUT2D eigenvalue weighted by molar-refractivity contribution is 9.10. The molecule has 1 aliphatic heterocycles. The minimum absolute atomic E-state index is 0.275. The molecule has 1 aromatic carbocycles. The molecule has 2 rings (SSSR count). The van der Waals surface area contributed by atoms with Crippen LogP contribution in [0.1, 0.15) is 29.6 Å². The fourth-order valence-corrected chi connectivity index (χ4v) is 2.80. The second kappa shape index (κ2) is 6.26. The van der Waals surface area contributed by atoms with E-state index in [0.29, 0.717) is 28.8 Å². The van der Waals surface area contributed by atoms with E-state index in [2.05, 4.69) is 15.9 Å². The summed E-state index contributed by atoms with van der Waals surface area (Å²) in [6.45, 7) is 0.472. The molecule has 1 aliphatic rings. The number of rotatable bonds is 3. The number of aliphatic carboxylic acids is 1. The lowest BCUT2D eigenvalue weighted by atomic mass is 10.0. The number of benzene rings is 1. The Labute approximate surface area is 125 Å². The van der Waals surface area contributed by atoms with Gasteiger partial charge in [0.2, 0.25) is 0 Å². The van der Waals surface area contributed by atoms with Gasteiger partial charge in [0.1, 0.15) is 11.8 Å². The highest BCUT2D eigenvalue weighted by Gasteiger charge is 2.33. The number of amides is 1. The first-order valence-electron chi connectivity index (χ1n) is 6.42. The summed E-state index contributed by atoms with van der Waals surface area (Å²) in [6, 6.07) is 4.35. The standard InChI is InChI=1S/C14H16BrNO4/c1-20-9-5-6-11(15)10(8-9)13(17)16-7-3-2-4-12(16)14(18)19/h5-6,8,12H,2-4,7H2,1H3,(H,18,19)/t12-/m1/s1. The van der Waals surface area contributed by atoms with Gasteiger partial charge in [-0.3, -0.25) is 4.79 Å². The first kappa shape index (κ1) is 14.8. The average Bonchev–Trinajstić information content (AvgIpc) is 2.47. The van der Waals surface area contributed by atoms with Gasteiger partial charge in [-0.1, -0.05) is 0 Å². The van der Waals surface area contributed by atoms with Crippen LogP contribution in [0, 0.1) is 0 Å². The maximum absolute atomic E-state index is 12.6. The number of carboxylic acids is 1. The molecule has 108 valence electrons. The first-order valence-corrected chi connectivity index (χ1v) is 7.21. The van der Waals surface area contributed by atoms with Gasteiger partial charge < -0.3 is 14.7 Å². The number of carboxylic acid groups (broad SMARTS) is 1. The van der Waals surface area contributed by atoms with Crippen LogP contribution in [0.25, 0.3) is 0 Å². The van der Waals surface area contributed by atoms with Crippen LogP contribution in [0.2, 0.25) is 0 Å². The zero-order chi connectivity index (χ0) is 14.7. The maximum atomic E-state index is 12.6. The van der Waals surface area contributed by atoms with E-state index in [0.717, 1.165) is 12.8 Å². The fraction of sp³-hybridized carbons (Fsp3) is 0.429. The molecule has 1 saturated heterocycles. The van der Waals surface area contributed by atoms with Crippen molar-refractivity contribution in [3.63, 3.8) is 0 Å². The molecule has 0 spiro atoms. The van der Waals surface area contributed by atoms with Crippen LogP contribution in [0.4, 0.5) is 0 Å². The van der Waals surface area contributed by atoms with Crippen LogP contribution in [0.15, 0.2) is 22.7 Å². The van der Waals surface area contributed by atoms with E-state index in [1.165, 1.54) is 12.0 Å². The van der Waals surface area contributed by atoms with Gasteiger partial charge in [0.15, 0.2) is 0 Å². The molecule has 0 radical (unpaired) electrons. The van der Waals surface area contributed by atoms with Crippen LogP contribution < -0.4 is 4.74 Å². The minimum atomic E-state index is -0.947. The number of hydrogen-bond acceptors (Lipinski definition) is 3. The normalized spacial score (nSPS) is 18.7. The van der Waals surface area contributed by atoms with Crippen molar-refractivity contribution in [1.29, 1.82) is 0 Å². The van der Waals surface area contributed by atoms with Gasteiger partial charge in [-0.15, -0.1) is 0 Å². The summed E-state index contributed by atoms with van der Waals surface area (Å²) >= 11 is 3.33. The summed E-state index contributed by atoms with van der Waals surface area (Å²) in [4.78, 5) is 25.3. The summed E-state index contributed by atoms with van der Waals surface area (Å²) in [5.41, 5.74) is 0.428. The van der Waals surface area contributed by atoms with E-state index in [1.807, 2.05) is 0 Å². The number of carbonyl (C=O) groups excluding carboxylic acids is 1. The highest BCUT2D eigenvalue weighted by Crippen LogP contribution is 2.27. The molecular formula is C14H16BrNO4. The van der Waals surface area contributed by atoms with Crippen molar-refractivity contribution in [3.05, 3.63) is 28.2 Å². The third-order valence-electron chi connectivity index (χ3n) is 3.45. The average molecular weight is 342 g/mol. The van der Waals surface area contributed by atoms with Gasteiger partial charge in [0.05, 0.1) is 12.7 Å². The second-order valence-electron chi connectivity index (χ2n) is 4.69. The van der Waals surface area contributed by atoms with E-state index in [9.17, 15) is 14.7 Å².